The molecule has 0 atom stereocenters. The van der Waals surface area contributed by atoms with E-state index in [2.05, 4.69) is 40.0 Å². The van der Waals surface area contributed by atoms with Crippen LogP contribution in [0.1, 0.15) is 58.4 Å². The van der Waals surface area contributed by atoms with Gasteiger partial charge in [-0.05, 0) is 84.5 Å². The number of H-pyrrole nitrogens is 1. The van der Waals surface area contributed by atoms with Crippen molar-refractivity contribution in [2.75, 3.05) is 51.2 Å². The Morgan fingerprint density at radius 2 is 1.66 bits per heavy atom. The summed E-state index contributed by atoms with van der Waals surface area (Å²) in [6.07, 6.45) is 6.53. The molecule has 1 N–H and O–H groups in total. The van der Waals surface area contributed by atoms with Crippen molar-refractivity contribution in [3.63, 3.8) is 0 Å². The van der Waals surface area contributed by atoms with Crippen LogP contribution in [0.25, 0.3) is 32.9 Å². The number of hydrogen-bond donors (Lipinski definition) is 1. The van der Waals surface area contributed by atoms with Crippen LogP contribution < -0.4 is 14.4 Å². The molecule has 47 heavy (non-hydrogen) atoms. The summed E-state index contributed by atoms with van der Waals surface area (Å²) in [6.45, 7) is 11.8. The number of ether oxygens (including phenoxy) is 3. The summed E-state index contributed by atoms with van der Waals surface area (Å²) >= 11 is 7.28. The molecular formula is C35H44ClN7O4. The molecule has 1 saturated carbocycles. The number of fused-ring (bicyclic) bond motifs is 2. The Bertz CT molecular complexity index is 1780. The molecule has 3 aliphatic rings. The number of nitrogens with one attached hydrogen (secondary N) is 1. The fourth-order valence-corrected chi connectivity index (χ4v) is 6.89. The lowest BCUT2D eigenvalue weighted by Gasteiger charge is -2.37. The van der Waals surface area contributed by atoms with Gasteiger partial charge in [0.25, 0.3) is 0 Å². The largest absolute Gasteiger partial charge is 0.487 e. The molecule has 3 fully saturated rings. The van der Waals surface area contributed by atoms with E-state index >= 15 is 0 Å². The van der Waals surface area contributed by atoms with Gasteiger partial charge in [-0.25, -0.2) is 4.79 Å². The standard InChI is InChI=1S/C35H44ClN7O4/c1-21-9-10-27-25(20-37-40-27)28(21)29-26(36)19-24-30(31(29)45-22-7-6-8-22)38-33(46-23-11-13-41(5)14-12-23)39-32(24)42-15-17-43(18-16-42)34(44)47-35(2,3)4/h9-10,19-20,22-23H,6-8,11-18H2,1-5H3,(H,37,40). The second-order valence-electron chi connectivity index (χ2n) is 14.1. The number of piperidine rings is 1. The molecule has 4 heterocycles. The van der Waals surface area contributed by atoms with Crippen LogP contribution >= 0.6 is 11.6 Å². The van der Waals surface area contributed by atoms with Gasteiger partial charge in [0.15, 0.2) is 5.75 Å². The maximum atomic E-state index is 12.9. The number of carbonyl (C=O) groups excluding carboxylic acids is 1. The maximum absolute atomic E-state index is 12.9. The molecule has 0 radical (unpaired) electrons. The van der Waals surface area contributed by atoms with Crippen molar-refractivity contribution >= 4 is 45.3 Å². The van der Waals surface area contributed by atoms with Crippen LogP contribution in [-0.4, -0.2) is 100 Å². The lowest BCUT2D eigenvalue weighted by Crippen LogP contribution is -2.50. The molecule has 12 heteroatoms. The zero-order valence-electron chi connectivity index (χ0n) is 27.9. The highest BCUT2D eigenvalue weighted by Gasteiger charge is 2.32. The number of piperazine rings is 1. The summed E-state index contributed by atoms with van der Waals surface area (Å²) in [5.41, 5.74) is 3.89. The van der Waals surface area contributed by atoms with Gasteiger partial charge in [0.2, 0.25) is 0 Å². The van der Waals surface area contributed by atoms with Gasteiger partial charge < -0.3 is 28.9 Å². The summed E-state index contributed by atoms with van der Waals surface area (Å²) in [5, 5.41) is 9.77. The first-order valence-corrected chi connectivity index (χ1v) is 17.1. The van der Waals surface area contributed by atoms with E-state index in [9.17, 15) is 4.79 Å². The Hall–Kier alpha value is -3.83. The Morgan fingerprint density at radius 3 is 2.34 bits per heavy atom. The summed E-state index contributed by atoms with van der Waals surface area (Å²) in [4.78, 5) is 29.3. The average molecular weight is 662 g/mol. The smallest absolute Gasteiger partial charge is 0.410 e. The second kappa shape index (κ2) is 12.6. The van der Waals surface area contributed by atoms with Crippen molar-refractivity contribution in [3.8, 4) is 22.9 Å². The van der Waals surface area contributed by atoms with Gasteiger partial charge in [-0.3, -0.25) is 5.10 Å². The van der Waals surface area contributed by atoms with E-state index in [1.54, 1.807) is 4.90 Å². The van der Waals surface area contributed by atoms with Crippen LogP contribution in [0.5, 0.6) is 11.8 Å². The van der Waals surface area contributed by atoms with E-state index in [4.69, 9.17) is 35.8 Å². The first kappa shape index (κ1) is 31.8. The van der Waals surface area contributed by atoms with Crippen molar-refractivity contribution in [2.45, 2.75) is 77.6 Å². The number of aryl methyl sites for hydroxylation is 1. The molecule has 2 aliphatic heterocycles. The zero-order valence-corrected chi connectivity index (χ0v) is 28.7. The van der Waals surface area contributed by atoms with Crippen molar-refractivity contribution < 1.29 is 19.0 Å². The number of aromatic nitrogens is 4. The highest BCUT2D eigenvalue weighted by Crippen LogP contribution is 2.48. The number of rotatable bonds is 6. The fraction of sp³-hybridized carbons (Fsp3) is 0.543. The van der Waals surface area contributed by atoms with E-state index in [1.807, 2.05) is 39.1 Å². The van der Waals surface area contributed by atoms with Crippen LogP contribution in [0.2, 0.25) is 5.02 Å². The molecule has 250 valence electrons. The minimum Gasteiger partial charge on any atom is -0.487 e. The molecule has 0 bridgehead atoms. The van der Waals surface area contributed by atoms with Gasteiger partial charge >= 0.3 is 12.1 Å². The minimum atomic E-state index is -0.554. The van der Waals surface area contributed by atoms with Crippen molar-refractivity contribution in [3.05, 3.63) is 35.0 Å². The van der Waals surface area contributed by atoms with E-state index in [1.165, 1.54) is 0 Å². The van der Waals surface area contributed by atoms with Gasteiger partial charge in [-0.2, -0.15) is 15.1 Å². The van der Waals surface area contributed by atoms with Crippen LogP contribution in [0.15, 0.2) is 24.4 Å². The molecule has 1 aliphatic carbocycles. The Labute approximate surface area is 280 Å². The molecule has 2 saturated heterocycles. The zero-order chi connectivity index (χ0) is 32.9. The first-order valence-electron chi connectivity index (χ1n) is 16.8. The van der Waals surface area contributed by atoms with Gasteiger partial charge in [0, 0.05) is 61.2 Å². The predicted octanol–water partition coefficient (Wildman–Crippen LogP) is 6.60. The maximum Gasteiger partial charge on any atom is 0.410 e. The minimum absolute atomic E-state index is 0.0187. The molecule has 0 spiro atoms. The van der Waals surface area contributed by atoms with Gasteiger partial charge in [0.05, 0.1) is 22.8 Å². The second-order valence-corrected chi connectivity index (χ2v) is 14.5. The Balaban J connectivity index is 1.35. The van der Waals surface area contributed by atoms with Crippen LogP contribution in [0, 0.1) is 6.92 Å². The number of benzene rings is 2. The quantitative estimate of drug-likeness (QED) is 0.245. The lowest BCUT2D eigenvalue weighted by atomic mass is 9.93. The molecule has 11 nitrogen and oxygen atoms in total. The van der Waals surface area contributed by atoms with Crippen molar-refractivity contribution in [2.24, 2.45) is 0 Å². The van der Waals surface area contributed by atoms with Gasteiger partial charge in [-0.1, -0.05) is 17.7 Å². The van der Waals surface area contributed by atoms with E-state index < -0.39 is 5.60 Å². The number of aromatic amines is 1. The number of nitrogens with zero attached hydrogens (tertiary/aromatic N) is 6. The normalized spacial score (nSPS) is 18.5. The number of hydrogen-bond acceptors (Lipinski definition) is 9. The van der Waals surface area contributed by atoms with E-state index in [-0.39, 0.29) is 18.3 Å². The van der Waals surface area contributed by atoms with Crippen LogP contribution in [-0.2, 0) is 4.74 Å². The molecule has 2 aromatic heterocycles. The first-order chi connectivity index (χ1) is 22.5. The molecule has 4 aromatic rings. The van der Waals surface area contributed by atoms with Crippen molar-refractivity contribution in [1.29, 1.82) is 0 Å². The van der Waals surface area contributed by atoms with Crippen LogP contribution in [0.4, 0.5) is 10.6 Å². The number of carbonyl (C=O) groups is 1. The molecule has 1 amide bonds. The number of halogens is 1. The fourth-order valence-electron chi connectivity index (χ4n) is 6.60. The van der Waals surface area contributed by atoms with E-state index in [0.29, 0.717) is 48.5 Å². The lowest BCUT2D eigenvalue weighted by molar-refractivity contribution is 0.0240. The third kappa shape index (κ3) is 6.52. The SMILES string of the molecule is Cc1ccc2[nH]ncc2c1-c1c(Cl)cc2c(N3CCN(C(=O)OC(C)(C)C)CC3)nc(OC3CCN(C)CC3)nc2c1OC1CCC1. The highest BCUT2D eigenvalue weighted by atomic mass is 35.5. The topological polar surface area (TPSA) is 109 Å². The Kier molecular flexibility index (Phi) is 8.55. The molecule has 0 unspecified atom stereocenters. The van der Waals surface area contributed by atoms with Gasteiger partial charge in [0.1, 0.15) is 23.0 Å². The van der Waals surface area contributed by atoms with E-state index in [0.717, 1.165) is 84.0 Å². The van der Waals surface area contributed by atoms with Crippen molar-refractivity contribution in [1.82, 2.24) is 30.0 Å². The summed E-state index contributed by atoms with van der Waals surface area (Å²) in [6, 6.07) is 6.41. The number of likely N-dealkylation sites (tertiary alicyclic amines) is 1. The van der Waals surface area contributed by atoms with Gasteiger partial charge in [-0.15, -0.1) is 0 Å². The highest BCUT2D eigenvalue weighted by molar-refractivity contribution is 6.35. The monoisotopic (exact) mass is 661 g/mol. The summed E-state index contributed by atoms with van der Waals surface area (Å²) in [7, 11) is 2.13. The summed E-state index contributed by atoms with van der Waals surface area (Å²) < 4.78 is 19.1. The molecule has 2 aromatic carbocycles. The third-order valence-electron chi connectivity index (χ3n) is 9.44. The molecular weight excluding hydrogens is 618 g/mol. The number of anilines is 1. The Morgan fingerprint density at radius 1 is 0.936 bits per heavy atom. The third-order valence-corrected chi connectivity index (χ3v) is 9.74. The molecule has 7 rings (SSSR count). The number of amides is 1. The average Bonchev–Trinajstić information content (AvgIpc) is 3.49. The predicted molar refractivity (Wildman–Crippen MR) is 184 cm³/mol. The summed E-state index contributed by atoms with van der Waals surface area (Å²) in [5.74, 6) is 1.38. The van der Waals surface area contributed by atoms with Crippen LogP contribution in [0.3, 0.4) is 0 Å².